The molecule has 0 amide bonds. The summed E-state index contributed by atoms with van der Waals surface area (Å²) in [6.07, 6.45) is 1.69. The summed E-state index contributed by atoms with van der Waals surface area (Å²) in [5.41, 5.74) is -0.412. The van der Waals surface area contributed by atoms with Crippen molar-refractivity contribution in [3.05, 3.63) is 12.2 Å². The summed E-state index contributed by atoms with van der Waals surface area (Å²) in [5, 5.41) is 0. The zero-order valence-electron chi connectivity index (χ0n) is 25.0. The number of carbonyl (C=O) groups excluding carboxylic acids is 6. The molecule has 0 radical (unpaired) electrons. The van der Waals surface area contributed by atoms with Gasteiger partial charge in [0.25, 0.3) is 0 Å². The first-order chi connectivity index (χ1) is 20.1. The summed E-state index contributed by atoms with van der Waals surface area (Å²) in [6.45, 7) is 10.1. The highest BCUT2D eigenvalue weighted by Crippen LogP contribution is 2.09. The van der Waals surface area contributed by atoms with Gasteiger partial charge in [0.2, 0.25) is 0 Å². The normalized spacial score (nSPS) is 11.3. The fourth-order valence-corrected chi connectivity index (χ4v) is 3.03. The van der Waals surface area contributed by atoms with Crippen molar-refractivity contribution in [1.29, 1.82) is 0 Å². The fourth-order valence-electron chi connectivity index (χ4n) is 3.03. The third-order valence-corrected chi connectivity index (χ3v) is 5.18. The maximum absolute atomic E-state index is 12.5. The molecule has 0 bridgehead atoms. The van der Waals surface area contributed by atoms with Crippen molar-refractivity contribution in [3.63, 3.8) is 0 Å². The van der Waals surface area contributed by atoms with Crippen LogP contribution < -0.4 is 0 Å². The van der Waals surface area contributed by atoms with Crippen molar-refractivity contribution >= 4 is 35.8 Å². The van der Waals surface area contributed by atoms with Crippen molar-refractivity contribution < 1.29 is 66.7 Å². The Labute approximate surface area is 246 Å². The van der Waals surface area contributed by atoms with Crippen molar-refractivity contribution in [3.8, 4) is 0 Å². The highest BCUT2D eigenvalue weighted by molar-refractivity contribution is 6.13. The Morgan fingerprint density at radius 3 is 1.21 bits per heavy atom. The largest absolute Gasteiger partial charge is 0.465 e. The van der Waals surface area contributed by atoms with E-state index in [-0.39, 0.29) is 66.1 Å². The standard InChI is InChI=1S/C28H44O14/c1-6-37-23(29)20(5)24(30)41-16-12-13-17-42-28(34)22(27(33)40-9-4)19-36-15-11-10-14-35-18-21(25(31)38-7-2)26(32)39-8-3/h21-22H,5-19H2,1-4H3. The molecule has 240 valence electrons. The Morgan fingerprint density at radius 2 is 0.810 bits per heavy atom. The number of carbonyl (C=O) groups is 6. The van der Waals surface area contributed by atoms with Crippen LogP contribution in [0.25, 0.3) is 0 Å². The first kappa shape index (κ1) is 38.5. The van der Waals surface area contributed by atoms with E-state index < -0.39 is 53.2 Å². The lowest BCUT2D eigenvalue weighted by Crippen LogP contribution is -2.32. The highest BCUT2D eigenvalue weighted by Gasteiger charge is 2.31. The van der Waals surface area contributed by atoms with Crippen LogP contribution in [0.15, 0.2) is 12.2 Å². The van der Waals surface area contributed by atoms with E-state index in [0.717, 1.165) is 0 Å². The van der Waals surface area contributed by atoms with Crippen LogP contribution >= 0.6 is 0 Å². The molecule has 0 aromatic rings. The lowest BCUT2D eigenvalue weighted by atomic mass is 10.1. The molecule has 0 rings (SSSR count). The van der Waals surface area contributed by atoms with Crippen molar-refractivity contribution in [2.45, 2.75) is 53.4 Å². The van der Waals surface area contributed by atoms with Gasteiger partial charge in [-0.3, -0.25) is 19.2 Å². The van der Waals surface area contributed by atoms with Crippen LogP contribution in [0.1, 0.15) is 53.4 Å². The summed E-state index contributed by atoms with van der Waals surface area (Å²) in [7, 11) is 0. The number of rotatable bonds is 24. The molecular formula is C28H44O14. The molecule has 0 fully saturated rings. The molecule has 0 aromatic carbocycles. The Morgan fingerprint density at radius 1 is 0.476 bits per heavy atom. The van der Waals surface area contributed by atoms with E-state index in [2.05, 4.69) is 11.3 Å². The molecular weight excluding hydrogens is 560 g/mol. The first-order valence-corrected chi connectivity index (χ1v) is 14.0. The second kappa shape index (κ2) is 24.1. The van der Waals surface area contributed by atoms with Gasteiger partial charge in [-0.25, -0.2) is 9.59 Å². The number of unbranched alkanes of at least 4 members (excludes halogenated alkanes) is 2. The monoisotopic (exact) mass is 604 g/mol. The molecule has 0 N–H and O–H groups in total. The molecule has 1 atom stereocenters. The van der Waals surface area contributed by atoms with E-state index in [1.165, 1.54) is 0 Å². The molecule has 14 nitrogen and oxygen atoms in total. The molecule has 0 aromatic heterocycles. The van der Waals surface area contributed by atoms with Crippen molar-refractivity contribution in [2.24, 2.45) is 11.8 Å². The molecule has 0 spiro atoms. The van der Waals surface area contributed by atoms with Crippen LogP contribution in [0.3, 0.4) is 0 Å². The maximum atomic E-state index is 12.5. The average Bonchev–Trinajstić information content (AvgIpc) is 2.95. The molecule has 14 heteroatoms. The van der Waals surface area contributed by atoms with Crippen LogP contribution in [0.4, 0.5) is 0 Å². The predicted molar refractivity (Wildman–Crippen MR) is 145 cm³/mol. The Kier molecular flexibility index (Phi) is 22.1. The van der Waals surface area contributed by atoms with Gasteiger partial charge in [-0.15, -0.1) is 0 Å². The second-order valence-corrected chi connectivity index (χ2v) is 8.43. The molecule has 0 aliphatic carbocycles. The summed E-state index contributed by atoms with van der Waals surface area (Å²) in [5.74, 6) is -7.20. The third kappa shape index (κ3) is 16.7. The summed E-state index contributed by atoms with van der Waals surface area (Å²) in [4.78, 5) is 71.8. The maximum Gasteiger partial charge on any atom is 0.344 e. The summed E-state index contributed by atoms with van der Waals surface area (Å²) >= 11 is 0. The minimum absolute atomic E-state index is 0.0325. The van der Waals surface area contributed by atoms with E-state index in [4.69, 9.17) is 33.2 Å². The van der Waals surface area contributed by atoms with Gasteiger partial charge in [0.1, 0.15) is 5.57 Å². The van der Waals surface area contributed by atoms with E-state index in [9.17, 15) is 28.8 Å². The quantitative estimate of drug-likeness (QED) is 0.0388. The Hall–Kier alpha value is -3.52. The second-order valence-electron chi connectivity index (χ2n) is 8.43. The number of esters is 6. The van der Waals surface area contributed by atoms with Crippen molar-refractivity contribution in [2.75, 3.05) is 66.1 Å². The van der Waals surface area contributed by atoms with Crippen LogP contribution in [-0.4, -0.2) is 102 Å². The van der Waals surface area contributed by atoms with E-state index in [1.807, 2.05) is 0 Å². The zero-order chi connectivity index (χ0) is 31.8. The van der Waals surface area contributed by atoms with Gasteiger partial charge < -0.3 is 37.9 Å². The van der Waals surface area contributed by atoms with E-state index >= 15 is 0 Å². The van der Waals surface area contributed by atoms with Gasteiger partial charge >= 0.3 is 35.8 Å². The Balaban J connectivity index is 4.37. The minimum Gasteiger partial charge on any atom is -0.465 e. The van der Waals surface area contributed by atoms with Gasteiger partial charge in [0.05, 0.1) is 52.9 Å². The lowest BCUT2D eigenvalue weighted by molar-refractivity contribution is -0.167. The zero-order valence-corrected chi connectivity index (χ0v) is 25.0. The molecule has 0 aliphatic rings. The van der Waals surface area contributed by atoms with Gasteiger partial charge in [-0.2, -0.15) is 0 Å². The highest BCUT2D eigenvalue weighted by atomic mass is 16.6. The smallest absolute Gasteiger partial charge is 0.344 e. The van der Waals surface area contributed by atoms with Gasteiger partial charge in [-0.05, 0) is 53.4 Å². The van der Waals surface area contributed by atoms with Gasteiger partial charge in [0, 0.05) is 13.2 Å². The summed E-state index contributed by atoms with van der Waals surface area (Å²) < 4.78 is 40.4. The first-order valence-electron chi connectivity index (χ1n) is 14.0. The van der Waals surface area contributed by atoms with E-state index in [0.29, 0.717) is 25.7 Å². The fraction of sp³-hybridized carbons (Fsp3) is 0.714. The molecule has 0 saturated carbocycles. The SMILES string of the molecule is C=C(C(=O)OCC)C(=O)OCCCCOC(=O)C(COCCCCOCC(C(=O)OCC)C(=O)OCC)C(=O)OCC. The molecule has 1 unspecified atom stereocenters. The van der Waals surface area contributed by atoms with Crippen LogP contribution in [0.2, 0.25) is 0 Å². The van der Waals surface area contributed by atoms with Gasteiger partial charge in [-0.1, -0.05) is 6.58 Å². The van der Waals surface area contributed by atoms with Gasteiger partial charge in [0.15, 0.2) is 11.8 Å². The topological polar surface area (TPSA) is 176 Å². The Bertz CT molecular complexity index is 851. The summed E-state index contributed by atoms with van der Waals surface area (Å²) in [6, 6.07) is 0. The number of hydrogen-bond acceptors (Lipinski definition) is 14. The van der Waals surface area contributed by atoms with Crippen LogP contribution in [-0.2, 0) is 66.7 Å². The predicted octanol–water partition coefficient (Wildman–Crippen LogP) is 1.71. The number of hydrogen-bond donors (Lipinski definition) is 0. The average molecular weight is 605 g/mol. The third-order valence-electron chi connectivity index (χ3n) is 5.18. The molecule has 0 aliphatic heterocycles. The van der Waals surface area contributed by atoms with Crippen LogP contribution in [0.5, 0.6) is 0 Å². The van der Waals surface area contributed by atoms with Crippen LogP contribution in [0, 0.1) is 11.8 Å². The van der Waals surface area contributed by atoms with E-state index in [1.54, 1.807) is 27.7 Å². The minimum atomic E-state index is -1.28. The molecule has 42 heavy (non-hydrogen) atoms. The lowest BCUT2D eigenvalue weighted by Gasteiger charge is -2.16. The number of ether oxygens (including phenoxy) is 8. The molecule has 0 heterocycles. The van der Waals surface area contributed by atoms with Crippen molar-refractivity contribution in [1.82, 2.24) is 0 Å². The molecule has 0 saturated heterocycles.